The summed E-state index contributed by atoms with van der Waals surface area (Å²) in [6.07, 6.45) is 2.06. The first-order valence-electron chi connectivity index (χ1n) is 6.09. The van der Waals surface area contributed by atoms with E-state index >= 15 is 0 Å². The summed E-state index contributed by atoms with van der Waals surface area (Å²) in [5.74, 6) is -0.220. The largest absolute Gasteiger partial charge is 0.337 e. The number of nitro groups is 1. The van der Waals surface area contributed by atoms with E-state index in [0.29, 0.717) is 11.3 Å². The Morgan fingerprint density at radius 2 is 2.37 bits per heavy atom. The van der Waals surface area contributed by atoms with Crippen LogP contribution in [-0.4, -0.2) is 46.9 Å². The number of pyridine rings is 1. The summed E-state index contributed by atoms with van der Waals surface area (Å²) in [7, 11) is 1.72. The normalized spacial score (nSPS) is 18.3. The molecule has 0 spiro atoms. The number of aromatic nitrogens is 1. The number of likely N-dealkylation sites (N-methyl/N-ethyl adjacent to an activating group) is 1. The van der Waals surface area contributed by atoms with E-state index in [9.17, 15) is 14.9 Å². The van der Waals surface area contributed by atoms with Crippen molar-refractivity contribution in [3.63, 3.8) is 0 Å². The highest BCUT2D eigenvalue weighted by Crippen LogP contribution is 2.18. The number of carbonyl (C=O) groups is 1. The molecule has 1 aromatic rings. The van der Waals surface area contributed by atoms with Crippen molar-refractivity contribution in [1.29, 1.82) is 0 Å². The van der Waals surface area contributed by atoms with Crippen LogP contribution < -0.4 is 5.32 Å². The van der Waals surface area contributed by atoms with Crippen LogP contribution in [0.15, 0.2) is 12.3 Å². The molecule has 0 saturated carbocycles. The minimum Gasteiger partial charge on any atom is -0.337 e. The second-order valence-corrected chi connectivity index (χ2v) is 4.65. The molecule has 1 fully saturated rings. The zero-order valence-electron chi connectivity index (χ0n) is 10.9. The third-order valence-electron chi connectivity index (χ3n) is 3.42. The molecule has 1 aliphatic rings. The van der Waals surface area contributed by atoms with Gasteiger partial charge >= 0.3 is 0 Å². The van der Waals surface area contributed by atoms with Crippen LogP contribution in [0.1, 0.15) is 22.5 Å². The zero-order valence-corrected chi connectivity index (χ0v) is 10.9. The van der Waals surface area contributed by atoms with Crippen molar-refractivity contribution >= 4 is 11.6 Å². The van der Waals surface area contributed by atoms with Gasteiger partial charge in [-0.25, -0.2) is 0 Å². The molecule has 19 heavy (non-hydrogen) atoms. The minimum absolute atomic E-state index is 0.131. The van der Waals surface area contributed by atoms with Gasteiger partial charge < -0.3 is 10.2 Å². The summed E-state index contributed by atoms with van der Waals surface area (Å²) >= 11 is 0. The van der Waals surface area contributed by atoms with Gasteiger partial charge in [-0.1, -0.05) is 0 Å². The molecule has 102 valence electrons. The molecule has 1 aliphatic heterocycles. The first kappa shape index (κ1) is 13.4. The first-order chi connectivity index (χ1) is 9.00. The summed E-state index contributed by atoms with van der Waals surface area (Å²) in [6.45, 7) is 3.32. The Labute approximate surface area is 110 Å². The Kier molecular flexibility index (Phi) is 3.75. The highest BCUT2D eigenvalue weighted by molar-refractivity contribution is 5.95. The highest BCUT2D eigenvalue weighted by atomic mass is 16.6. The fourth-order valence-corrected chi connectivity index (χ4v) is 2.16. The van der Waals surface area contributed by atoms with Crippen LogP contribution in [0, 0.1) is 17.0 Å². The highest BCUT2D eigenvalue weighted by Gasteiger charge is 2.26. The van der Waals surface area contributed by atoms with E-state index in [1.165, 1.54) is 12.3 Å². The Bertz CT molecular complexity index is 512. The van der Waals surface area contributed by atoms with Crippen molar-refractivity contribution in [3.8, 4) is 0 Å². The predicted molar refractivity (Wildman–Crippen MR) is 69.0 cm³/mol. The summed E-state index contributed by atoms with van der Waals surface area (Å²) in [4.78, 5) is 28.1. The van der Waals surface area contributed by atoms with Gasteiger partial charge in [-0.2, -0.15) is 0 Å². The molecular formula is C12H16N4O3. The van der Waals surface area contributed by atoms with Crippen LogP contribution >= 0.6 is 0 Å². The van der Waals surface area contributed by atoms with Gasteiger partial charge in [0.25, 0.3) is 11.6 Å². The lowest BCUT2D eigenvalue weighted by atomic mass is 10.1. The maximum atomic E-state index is 12.4. The molecule has 1 atom stereocenters. The molecule has 1 amide bonds. The zero-order chi connectivity index (χ0) is 14.0. The smallest absolute Gasteiger partial charge is 0.288 e. The second-order valence-electron chi connectivity index (χ2n) is 4.65. The Hall–Kier alpha value is -2.02. The average Bonchev–Trinajstić information content (AvgIpc) is 2.91. The average molecular weight is 264 g/mol. The van der Waals surface area contributed by atoms with Gasteiger partial charge in [-0.05, 0) is 19.9 Å². The van der Waals surface area contributed by atoms with Crippen LogP contribution in [0.3, 0.4) is 0 Å². The molecule has 1 N–H and O–H groups in total. The molecular weight excluding hydrogens is 248 g/mol. The maximum absolute atomic E-state index is 12.4. The van der Waals surface area contributed by atoms with E-state index in [-0.39, 0.29) is 17.6 Å². The number of carbonyl (C=O) groups excluding carboxylic acids is 1. The fourth-order valence-electron chi connectivity index (χ4n) is 2.16. The SMILES string of the molecule is Cc1ncc([N+](=O)[O-])cc1C(=O)N(C)C1CCNC1. The monoisotopic (exact) mass is 264 g/mol. The van der Waals surface area contributed by atoms with E-state index in [4.69, 9.17) is 0 Å². The topological polar surface area (TPSA) is 88.4 Å². The third kappa shape index (κ3) is 2.70. The van der Waals surface area contributed by atoms with Crippen LogP contribution in [0.25, 0.3) is 0 Å². The van der Waals surface area contributed by atoms with Gasteiger partial charge in [0.15, 0.2) is 0 Å². The van der Waals surface area contributed by atoms with Gasteiger partial charge in [0.2, 0.25) is 0 Å². The Morgan fingerprint density at radius 1 is 1.63 bits per heavy atom. The third-order valence-corrected chi connectivity index (χ3v) is 3.42. The fraction of sp³-hybridized carbons (Fsp3) is 0.500. The van der Waals surface area contributed by atoms with Gasteiger partial charge in [0.1, 0.15) is 6.20 Å². The van der Waals surface area contributed by atoms with Crippen molar-refractivity contribution in [2.75, 3.05) is 20.1 Å². The van der Waals surface area contributed by atoms with E-state index < -0.39 is 4.92 Å². The minimum atomic E-state index is -0.541. The van der Waals surface area contributed by atoms with E-state index in [0.717, 1.165) is 19.5 Å². The molecule has 2 heterocycles. The lowest BCUT2D eigenvalue weighted by Crippen LogP contribution is -2.38. The quantitative estimate of drug-likeness (QED) is 0.642. The lowest BCUT2D eigenvalue weighted by molar-refractivity contribution is -0.385. The van der Waals surface area contributed by atoms with Gasteiger partial charge in [-0.3, -0.25) is 19.9 Å². The number of nitrogens with one attached hydrogen (secondary N) is 1. The van der Waals surface area contributed by atoms with Crippen LogP contribution in [0.4, 0.5) is 5.69 Å². The predicted octanol–water partition coefficient (Wildman–Crippen LogP) is 0.732. The molecule has 0 aromatic carbocycles. The van der Waals surface area contributed by atoms with Gasteiger partial charge in [-0.15, -0.1) is 0 Å². The number of nitrogens with zero attached hydrogens (tertiary/aromatic N) is 3. The van der Waals surface area contributed by atoms with Crippen molar-refractivity contribution in [1.82, 2.24) is 15.2 Å². The van der Waals surface area contributed by atoms with Gasteiger partial charge in [0, 0.05) is 25.7 Å². The Balaban J connectivity index is 2.26. The number of hydrogen-bond acceptors (Lipinski definition) is 5. The molecule has 0 bridgehead atoms. The van der Waals surface area contributed by atoms with E-state index in [1.807, 2.05) is 0 Å². The Morgan fingerprint density at radius 3 is 2.95 bits per heavy atom. The summed E-state index contributed by atoms with van der Waals surface area (Å²) in [6, 6.07) is 1.43. The summed E-state index contributed by atoms with van der Waals surface area (Å²) in [5.41, 5.74) is 0.643. The molecule has 0 aliphatic carbocycles. The number of amides is 1. The van der Waals surface area contributed by atoms with E-state index in [1.54, 1.807) is 18.9 Å². The van der Waals surface area contributed by atoms with E-state index in [2.05, 4.69) is 10.3 Å². The molecule has 2 rings (SSSR count). The lowest BCUT2D eigenvalue weighted by Gasteiger charge is -2.24. The number of rotatable bonds is 3. The summed E-state index contributed by atoms with van der Waals surface area (Å²) in [5, 5.41) is 13.9. The number of aryl methyl sites for hydroxylation is 1. The molecule has 0 radical (unpaired) electrons. The standard InChI is InChI=1S/C12H16N4O3/c1-8-11(5-10(7-14-8)16(18)19)12(17)15(2)9-3-4-13-6-9/h5,7,9,13H,3-4,6H2,1-2H3. The molecule has 1 unspecified atom stereocenters. The van der Waals surface area contributed by atoms with Crippen LogP contribution in [-0.2, 0) is 0 Å². The van der Waals surface area contributed by atoms with Crippen molar-refractivity contribution < 1.29 is 9.72 Å². The number of hydrogen-bond donors (Lipinski definition) is 1. The van der Waals surface area contributed by atoms with Crippen molar-refractivity contribution in [3.05, 3.63) is 33.6 Å². The first-order valence-corrected chi connectivity index (χ1v) is 6.09. The van der Waals surface area contributed by atoms with Gasteiger partial charge in [0.05, 0.1) is 16.2 Å². The van der Waals surface area contributed by atoms with Crippen LogP contribution in [0.5, 0.6) is 0 Å². The molecule has 7 nitrogen and oxygen atoms in total. The summed E-state index contributed by atoms with van der Waals surface area (Å²) < 4.78 is 0. The molecule has 1 aromatic heterocycles. The molecule has 7 heteroatoms. The molecule has 1 saturated heterocycles. The van der Waals surface area contributed by atoms with Crippen molar-refractivity contribution in [2.24, 2.45) is 0 Å². The second kappa shape index (κ2) is 5.31. The maximum Gasteiger partial charge on any atom is 0.288 e. The van der Waals surface area contributed by atoms with Crippen molar-refractivity contribution in [2.45, 2.75) is 19.4 Å². The van der Waals surface area contributed by atoms with Crippen LogP contribution in [0.2, 0.25) is 0 Å².